The molecular weight excluding hydrogens is 288 g/mol. The van der Waals surface area contributed by atoms with Gasteiger partial charge in [0.25, 0.3) is 0 Å². The van der Waals surface area contributed by atoms with Crippen molar-refractivity contribution < 1.29 is 9.53 Å². The van der Waals surface area contributed by atoms with Gasteiger partial charge in [-0.2, -0.15) is 0 Å². The van der Waals surface area contributed by atoms with Gasteiger partial charge in [0.1, 0.15) is 5.75 Å². The van der Waals surface area contributed by atoms with Crippen LogP contribution in [-0.2, 0) is 4.79 Å². The maximum atomic E-state index is 12.2. The largest absolute Gasteiger partial charge is 0.497 e. The van der Waals surface area contributed by atoms with Crippen LogP contribution in [0.4, 0.5) is 0 Å². The van der Waals surface area contributed by atoms with Gasteiger partial charge in [0.05, 0.1) is 7.11 Å². The van der Waals surface area contributed by atoms with Crippen LogP contribution in [0, 0.1) is 5.41 Å². The van der Waals surface area contributed by atoms with Crippen molar-refractivity contribution in [1.29, 1.82) is 0 Å². The van der Waals surface area contributed by atoms with Crippen LogP contribution in [0.3, 0.4) is 0 Å². The third-order valence-electron chi connectivity index (χ3n) is 3.71. The molecule has 0 bridgehead atoms. The molecule has 1 aromatic carbocycles. The van der Waals surface area contributed by atoms with Gasteiger partial charge in [-0.25, -0.2) is 0 Å². The highest BCUT2D eigenvalue weighted by molar-refractivity contribution is 5.81. The van der Waals surface area contributed by atoms with E-state index >= 15 is 0 Å². The van der Waals surface area contributed by atoms with E-state index in [1.807, 2.05) is 63.2 Å². The third kappa shape index (κ3) is 4.55. The van der Waals surface area contributed by atoms with Gasteiger partial charge in [-0.1, -0.05) is 39.0 Å². The second-order valence-corrected chi connectivity index (χ2v) is 6.54. The molecule has 0 saturated heterocycles. The predicted octanol–water partition coefficient (Wildman–Crippen LogP) is 3.38. The van der Waals surface area contributed by atoms with Crippen molar-refractivity contribution >= 4 is 5.91 Å². The minimum absolute atomic E-state index is 0.00778. The molecule has 1 N–H and O–H groups in total. The SMILES string of the molecule is COc1ccc(C(CNC(=O)C(C)(C)C)c2ccccn2)cc1. The van der Waals surface area contributed by atoms with Crippen molar-refractivity contribution in [3.05, 3.63) is 59.9 Å². The fourth-order valence-corrected chi connectivity index (χ4v) is 2.27. The van der Waals surface area contributed by atoms with Gasteiger partial charge in [-0.15, -0.1) is 0 Å². The van der Waals surface area contributed by atoms with Gasteiger partial charge in [-0.05, 0) is 29.8 Å². The maximum absolute atomic E-state index is 12.2. The molecular formula is C19H24N2O2. The summed E-state index contributed by atoms with van der Waals surface area (Å²) in [6.45, 7) is 6.24. The molecule has 0 fully saturated rings. The minimum Gasteiger partial charge on any atom is -0.497 e. The summed E-state index contributed by atoms with van der Waals surface area (Å²) in [5, 5.41) is 3.04. The van der Waals surface area contributed by atoms with E-state index in [1.165, 1.54) is 0 Å². The Labute approximate surface area is 137 Å². The summed E-state index contributed by atoms with van der Waals surface area (Å²) < 4.78 is 5.21. The van der Waals surface area contributed by atoms with Gasteiger partial charge in [0, 0.05) is 29.8 Å². The lowest BCUT2D eigenvalue weighted by Crippen LogP contribution is -2.37. The van der Waals surface area contributed by atoms with Crippen LogP contribution in [0.2, 0.25) is 0 Å². The summed E-state index contributed by atoms with van der Waals surface area (Å²) in [6.07, 6.45) is 1.78. The molecule has 1 aromatic heterocycles. The van der Waals surface area contributed by atoms with Crippen LogP contribution in [0.25, 0.3) is 0 Å². The average molecular weight is 312 g/mol. The van der Waals surface area contributed by atoms with Gasteiger partial charge >= 0.3 is 0 Å². The number of carbonyl (C=O) groups is 1. The van der Waals surface area contributed by atoms with Crippen molar-refractivity contribution in [2.45, 2.75) is 26.7 Å². The smallest absolute Gasteiger partial charge is 0.225 e. The number of rotatable bonds is 5. The first-order valence-electron chi connectivity index (χ1n) is 7.75. The molecule has 0 spiro atoms. The lowest BCUT2D eigenvalue weighted by atomic mass is 9.92. The molecule has 1 heterocycles. The van der Waals surface area contributed by atoms with Crippen molar-refractivity contribution in [1.82, 2.24) is 10.3 Å². The van der Waals surface area contributed by atoms with Crippen LogP contribution >= 0.6 is 0 Å². The standard InChI is InChI=1S/C19H24N2O2/c1-19(2,3)18(22)21-13-16(17-7-5-6-12-20-17)14-8-10-15(23-4)11-9-14/h5-12,16H,13H2,1-4H3,(H,21,22). The highest BCUT2D eigenvalue weighted by Gasteiger charge is 2.23. The molecule has 1 atom stereocenters. The van der Waals surface area contributed by atoms with E-state index in [9.17, 15) is 4.79 Å². The zero-order chi connectivity index (χ0) is 16.9. The fraction of sp³-hybridized carbons (Fsp3) is 0.368. The Balaban J connectivity index is 2.23. The predicted molar refractivity (Wildman–Crippen MR) is 91.5 cm³/mol. The quantitative estimate of drug-likeness (QED) is 0.921. The van der Waals surface area contributed by atoms with E-state index in [4.69, 9.17) is 4.74 Å². The Bertz CT molecular complexity index is 631. The Kier molecular flexibility index (Phi) is 5.37. The highest BCUT2D eigenvalue weighted by atomic mass is 16.5. The summed E-state index contributed by atoms with van der Waals surface area (Å²) in [4.78, 5) is 16.6. The number of aromatic nitrogens is 1. The highest BCUT2D eigenvalue weighted by Crippen LogP contribution is 2.25. The first kappa shape index (κ1) is 17.0. The monoisotopic (exact) mass is 312 g/mol. The zero-order valence-electron chi connectivity index (χ0n) is 14.2. The van der Waals surface area contributed by atoms with Crippen molar-refractivity contribution in [2.24, 2.45) is 5.41 Å². The summed E-state index contributed by atoms with van der Waals surface area (Å²) in [5.74, 6) is 0.854. The summed E-state index contributed by atoms with van der Waals surface area (Å²) in [6, 6.07) is 13.7. The van der Waals surface area contributed by atoms with Crippen LogP contribution in [0.15, 0.2) is 48.7 Å². The van der Waals surface area contributed by atoms with Gasteiger partial charge in [-0.3, -0.25) is 9.78 Å². The van der Waals surface area contributed by atoms with Gasteiger partial charge in [0.2, 0.25) is 5.91 Å². The zero-order valence-corrected chi connectivity index (χ0v) is 14.2. The van der Waals surface area contributed by atoms with E-state index in [2.05, 4.69) is 10.3 Å². The number of pyridine rings is 1. The number of benzene rings is 1. The molecule has 4 heteroatoms. The Morgan fingerprint density at radius 1 is 1.17 bits per heavy atom. The van der Waals surface area contributed by atoms with Crippen LogP contribution in [0.5, 0.6) is 5.75 Å². The van der Waals surface area contributed by atoms with Crippen molar-refractivity contribution in [3.63, 3.8) is 0 Å². The first-order valence-corrected chi connectivity index (χ1v) is 7.75. The molecule has 23 heavy (non-hydrogen) atoms. The lowest BCUT2D eigenvalue weighted by Gasteiger charge is -2.22. The van der Waals surface area contributed by atoms with Crippen LogP contribution in [0.1, 0.15) is 37.9 Å². The molecule has 0 saturated carbocycles. The molecule has 1 unspecified atom stereocenters. The summed E-state index contributed by atoms with van der Waals surface area (Å²) in [7, 11) is 1.65. The second-order valence-electron chi connectivity index (χ2n) is 6.54. The second kappa shape index (κ2) is 7.27. The summed E-state index contributed by atoms with van der Waals surface area (Å²) in [5.41, 5.74) is 1.62. The van der Waals surface area contributed by atoms with E-state index < -0.39 is 5.41 Å². The molecule has 0 aliphatic carbocycles. The number of nitrogens with zero attached hydrogens (tertiary/aromatic N) is 1. The summed E-state index contributed by atoms with van der Waals surface area (Å²) >= 11 is 0. The molecule has 122 valence electrons. The van der Waals surface area contributed by atoms with Crippen molar-refractivity contribution in [3.8, 4) is 5.75 Å². The molecule has 2 rings (SSSR count). The lowest BCUT2D eigenvalue weighted by molar-refractivity contribution is -0.128. The molecule has 0 aliphatic rings. The number of hydrogen-bond acceptors (Lipinski definition) is 3. The molecule has 4 nitrogen and oxygen atoms in total. The third-order valence-corrected chi connectivity index (χ3v) is 3.71. The van der Waals surface area contributed by atoms with Crippen LogP contribution in [-0.4, -0.2) is 24.5 Å². The number of hydrogen-bond donors (Lipinski definition) is 1. The number of nitrogens with one attached hydrogen (secondary N) is 1. The number of ether oxygens (including phenoxy) is 1. The van der Waals surface area contributed by atoms with Gasteiger partial charge in [0.15, 0.2) is 0 Å². The van der Waals surface area contributed by atoms with Crippen molar-refractivity contribution in [2.75, 3.05) is 13.7 Å². The average Bonchev–Trinajstić information content (AvgIpc) is 2.55. The van der Waals surface area contributed by atoms with Gasteiger partial charge < -0.3 is 10.1 Å². The Morgan fingerprint density at radius 3 is 2.39 bits per heavy atom. The normalized spacial score (nSPS) is 12.5. The Hall–Kier alpha value is -2.36. The molecule has 1 amide bonds. The molecule has 0 aliphatic heterocycles. The maximum Gasteiger partial charge on any atom is 0.225 e. The molecule has 2 aromatic rings. The fourth-order valence-electron chi connectivity index (χ4n) is 2.27. The number of amides is 1. The Morgan fingerprint density at radius 2 is 1.87 bits per heavy atom. The van der Waals surface area contributed by atoms with E-state index in [1.54, 1.807) is 13.3 Å². The van der Waals surface area contributed by atoms with E-state index in [-0.39, 0.29) is 11.8 Å². The van der Waals surface area contributed by atoms with E-state index in [0.29, 0.717) is 6.54 Å². The topological polar surface area (TPSA) is 51.2 Å². The van der Waals surface area contributed by atoms with E-state index in [0.717, 1.165) is 17.0 Å². The number of methoxy groups -OCH3 is 1. The number of carbonyl (C=O) groups excluding carboxylic acids is 1. The first-order chi connectivity index (χ1) is 10.9. The molecule has 0 radical (unpaired) electrons. The minimum atomic E-state index is -0.408. The van der Waals surface area contributed by atoms with Crippen LogP contribution < -0.4 is 10.1 Å².